The lowest BCUT2D eigenvalue weighted by molar-refractivity contribution is 1.36. The molecular weight excluding hydrogens is 136 g/mol. The molecule has 2 N–H and O–H groups in total. The molecule has 2 nitrogen and oxygen atoms in total. The molecule has 1 aromatic rings. The fourth-order valence-corrected chi connectivity index (χ4v) is 0.994. The van der Waals surface area contributed by atoms with Crippen LogP contribution < -0.4 is 5.73 Å². The van der Waals surface area contributed by atoms with E-state index in [0.29, 0.717) is 0 Å². The first-order valence-corrected chi connectivity index (χ1v) is 3.48. The van der Waals surface area contributed by atoms with E-state index in [4.69, 9.17) is 5.73 Å². The lowest BCUT2D eigenvalue weighted by Crippen LogP contribution is -1.89. The molecule has 0 saturated heterocycles. The summed E-state index contributed by atoms with van der Waals surface area (Å²) in [4.78, 5) is 3.87. The predicted molar refractivity (Wildman–Crippen MR) is 49.5 cm³/mol. The van der Waals surface area contributed by atoms with E-state index in [1.807, 2.05) is 26.0 Å². The number of aryl methyl sites for hydroxylation is 2. The van der Waals surface area contributed by atoms with Crippen LogP contribution in [0.25, 0.3) is 0 Å². The molecule has 0 aliphatic heterocycles. The van der Waals surface area contributed by atoms with Crippen molar-refractivity contribution in [3.05, 3.63) is 23.3 Å². The summed E-state index contributed by atoms with van der Waals surface area (Å²) in [5.74, 6) is 0. The van der Waals surface area contributed by atoms with Crippen LogP contribution in [0.15, 0.2) is 17.1 Å². The molecule has 2 heteroatoms. The molecule has 0 spiro atoms. The van der Waals surface area contributed by atoms with Gasteiger partial charge in [0, 0.05) is 5.69 Å². The van der Waals surface area contributed by atoms with Crippen LogP contribution >= 0.6 is 0 Å². The van der Waals surface area contributed by atoms with Gasteiger partial charge in [0.05, 0.1) is 5.69 Å². The van der Waals surface area contributed by atoms with Crippen LogP contribution in [-0.2, 0) is 0 Å². The van der Waals surface area contributed by atoms with Crippen molar-refractivity contribution in [1.29, 1.82) is 0 Å². The normalized spacial score (nSPS) is 9.64. The summed E-state index contributed by atoms with van der Waals surface area (Å²) in [7, 11) is 0. The third-order valence-electron chi connectivity index (χ3n) is 1.75. The van der Waals surface area contributed by atoms with Crippen LogP contribution in [0.1, 0.15) is 11.1 Å². The van der Waals surface area contributed by atoms with E-state index < -0.39 is 0 Å². The summed E-state index contributed by atoms with van der Waals surface area (Å²) in [6, 6.07) is 3.86. The van der Waals surface area contributed by atoms with Crippen molar-refractivity contribution in [2.24, 2.45) is 4.99 Å². The maximum atomic E-state index is 5.68. The van der Waals surface area contributed by atoms with E-state index in [2.05, 4.69) is 11.7 Å². The van der Waals surface area contributed by atoms with Gasteiger partial charge in [0.25, 0.3) is 0 Å². The van der Waals surface area contributed by atoms with Gasteiger partial charge in [-0.05, 0) is 43.8 Å². The highest BCUT2D eigenvalue weighted by Crippen LogP contribution is 2.23. The van der Waals surface area contributed by atoms with Crippen molar-refractivity contribution in [2.45, 2.75) is 13.8 Å². The van der Waals surface area contributed by atoms with Gasteiger partial charge in [-0.3, -0.25) is 4.99 Å². The van der Waals surface area contributed by atoms with Crippen molar-refractivity contribution in [1.82, 2.24) is 0 Å². The van der Waals surface area contributed by atoms with Gasteiger partial charge in [0.15, 0.2) is 0 Å². The molecule has 0 aromatic heterocycles. The Morgan fingerprint density at radius 3 is 2.45 bits per heavy atom. The molecule has 1 aromatic carbocycles. The number of anilines is 1. The van der Waals surface area contributed by atoms with Gasteiger partial charge in [-0.2, -0.15) is 0 Å². The van der Waals surface area contributed by atoms with Crippen LogP contribution in [0.3, 0.4) is 0 Å². The smallest absolute Gasteiger partial charge is 0.0655 e. The van der Waals surface area contributed by atoms with Crippen molar-refractivity contribution < 1.29 is 0 Å². The minimum absolute atomic E-state index is 0.815. The Hall–Kier alpha value is -1.31. The van der Waals surface area contributed by atoms with Crippen LogP contribution in [0, 0.1) is 13.8 Å². The summed E-state index contributed by atoms with van der Waals surface area (Å²) < 4.78 is 0. The fourth-order valence-electron chi connectivity index (χ4n) is 0.994. The number of benzene rings is 1. The van der Waals surface area contributed by atoms with Crippen LogP contribution in [-0.4, -0.2) is 6.72 Å². The molecular formula is C9H12N2. The highest BCUT2D eigenvalue weighted by molar-refractivity contribution is 5.61. The predicted octanol–water partition coefficient (Wildman–Crippen LogP) is 2.22. The van der Waals surface area contributed by atoms with E-state index >= 15 is 0 Å². The van der Waals surface area contributed by atoms with Crippen LogP contribution in [0.2, 0.25) is 0 Å². The Bertz CT molecular complexity index is 290. The number of nitrogens with zero attached hydrogens (tertiary/aromatic N) is 1. The first-order valence-electron chi connectivity index (χ1n) is 3.48. The second-order valence-corrected chi connectivity index (χ2v) is 2.65. The Morgan fingerprint density at radius 1 is 1.27 bits per heavy atom. The van der Waals surface area contributed by atoms with Gasteiger partial charge in [-0.15, -0.1) is 0 Å². The molecule has 0 saturated carbocycles. The highest BCUT2D eigenvalue weighted by Gasteiger charge is 1.98. The van der Waals surface area contributed by atoms with Crippen LogP contribution in [0.5, 0.6) is 0 Å². The third kappa shape index (κ3) is 1.40. The third-order valence-corrected chi connectivity index (χ3v) is 1.75. The zero-order valence-electron chi connectivity index (χ0n) is 6.89. The largest absolute Gasteiger partial charge is 0.399 e. The molecule has 0 fully saturated rings. The Labute approximate surface area is 66.8 Å². The SMILES string of the molecule is C=Nc1cc(C)c(N)cc1C. The molecule has 58 valence electrons. The van der Waals surface area contributed by atoms with E-state index in [0.717, 1.165) is 22.5 Å². The second-order valence-electron chi connectivity index (χ2n) is 2.65. The topological polar surface area (TPSA) is 38.4 Å². The number of nitrogen functional groups attached to an aromatic ring is 1. The van der Waals surface area contributed by atoms with Crippen LogP contribution in [0.4, 0.5) is 11.4 Å². The van der Waals surface area contributed by atoms with Gasteiger partial charge in [0.2, 0.25) is 0 Å². The quantitative estimate of drug-likeness (QED) is 0.481. The van der Waals surface area contributed by atoms with Gasteiger partial charge >= 0.3 is 0 Å². The van der Waals surface area contributed by atoms with Crippen molar-refractivity contribution in [2.75, 3.05) is 5.73 Å². The first-order chi connectivity index (χ1) is 5.15. The molecule has 1 rings (SSSR count). The lowest BCUT2D eigenvalue weighted by atomic mass is 10.1. The van der Waals surface area contributed by atoms with Gasteiger partial charge in [0.1, 0.15) is 0 Å². The fraction of sp³-hybridized carbons (Fsp3) is 0.222. The monoisotopic (exact) mass is 148 g/mol. The summed E-state index contributed by atoms with van der Waals surface area (Å²) in [6.07, 6.45) is 0. The van der Waals surface area contributed by atoms with E-state index in [1.165, 1.54) is 0 Å². The highest BCUT2D eigenvalue weighted by atomic mass is 14.7. The zero-order valence-corrected chi connectivity index (χ0v) is 6.89. The Morgan fingerprint density at radius 2 is 1.91 bits per heavy atom. The molecule has 0 aliphatic carbocycles. The standard InChI is InChI=1S/C9H12N2/c1-6-5-9(11-3)7(2)4-8(6)10/h4-5H,3,10H2,1-2H3. The maximum absolute atomic E-state index is 5.68. The maximum Gasteiger partial charge on any atom is 0.0655 e. The average molecular weight is 148 g/mol. The molecule has 0 unspecified atom stereocenters. The summed E-state index contributed by atoms with van der Waals surface area (Å²) in [5, 5.41) is 0. The first kappa shape index (κ1) is 7.79. The van der Waals surface area contributed by atoms with Gasteiger partial charge < -0.3 is 5.73 Å². The van der Waals surface area contributed by atoms with Crippen molar-refractivity contribution in [3.63, 3.8) is 0 Å². The number of hydrogen-bond acceptors (Lipinski definition) is 2. The molecule has 0 heterocycles. The summed E-state index contributed by atoms with van der Waals surface area (Å²) in [5.41, 5.74) is 9.54. The average Bonchev–Trinajstić information content (AvgIpc) is 1.97. The molecule has 0 radical (unpaired) electrons. The number of hydrogen-bond donors (Lipinski definition) is 1. The van der Waals surface area contributed by atoms with E-state index in [9.17, 15) is 0 Å². The van der Waals surface area contributed by atoms with Gasteiger partial charge in [-0.1, -0.05) is 0 Å². The number of rotatable bonds is 1. The minimum Gasteiger partial charge on any atom is -0.399 e. The molecule has 0 amide bonds. The summed E-state index contributed by atoms with van der Waals surface area (Å²) in [6.45, 7) is 7.41. The number of aliphatic imine (C=N–C) groups is 1. The molecule has 11 heavy (non-hydrogen) atoms. The Balaban J connectivity index is 3.31. The minimum atomic E-state index is 0.815. The van der Waals surface area contributed by atoms with E-state index in [-0.39, 0.29) is 0 Å². The number of nitrogens with two attached hydrogens (primary N) is 1. The molecule has 0 atom stereocenters. The van der Waals surface area contributed by atoms with Crippen molar-refractivity contribution in [3.8, 4) is 0 Å². The lowest BCUT2D eigenvalue weighted by Gasteiger charge is -2.03. The molecule has 0 aliphatic rings. The molecule has 0 bridgehead atoms. The van der Waals surface area contributed by atoms with Crippen molar-refractivity contribution >= 4 is 18.1 Å². The van der Waals surface area contributed by atoms with E-state index in [1.54, 1.807) is 0 Å². The zero-order chi connectivity index (χ0) is 8.43. The second kappa shape index (κ2) is 2.74. The Kier molecular flexibility index (Phi) is 1.94. The van der Waals surface area contributed by atoms with Gasteiger partial charge in [-0.25, -0.2) is 0 Å². The summed E-state index contributed by atoms with van der Waals surface area (Å²) >= 11 is 0.